The third-order valence-corrected chi connectivity index (χ3v) is 4.74. The second kappa shape index (κ2) is 2.84. The molecule has 2 atom stereocenters. The van der Waals surface area contributed by atoms with E-state index in [2.05, 4.69) is 19.2 Å². The average molecular weight is 216 g/mol. The van der Waals surface area contributed by atoms with Crippen molar-refractivity contribution >= 4 is 28.3 Å². The second-order valence-corrected chi connectivity index (χ2v) is 6.68. The van der Waals surface area contributed by atoms with E-state index in [-0.39, 0.29) is 10.4 Å². The Bertz CT molecular complexity index is 252. The van der Waals surface area contributed by atoms with Crippen LogP contribution in [0.15, 0.2) is 0 Å². The highest BCUT2D eigenvalue weighted by Gasteiger charge is 2.52. The second-order valence-electron chi connectivity index (χ2n) is 4.64. The maximum absolute atomic E-state index is 6.37. The van der Waals surface area contributed by atoms with Crippen LogP contribution in [0.2, 0.25) is 0 Å². The zero-order valence-electron chi connectivity index (χ0n) is 8.09. The molecule has 0 aromatic rings. The Morgan fingerprint density at radius 1 is 1.62 bits per heavy atom. The minimum Gasteiger partial charge on any atom is -0.366 e. The van der Waals surface area contributed by atoms with E-state index in [0.717, 1.165) is 10.7 Å². The number of thioether (sulfide) groups is 1. The molecule has 1 saturated carbocycles. The van der Waals surface area contributed by atoms with Crippen molar-refractivity contribution in [2.45, 2.75) is 43.5 Å². The van der Waals surface area contributed by atoms with E-state index in [0.29, 0.717) is 5.92 Å². The maximum atomic E-state index is 6.37. The molecule has 13 heavy (non-hydrogen) atoms. The number of rotatable bonds is 0. The van der Waals surface area contributed by atoms with E-state index in [4.69, 9.17) is 18.0 Å². The maximum Gasteiger partial charge on any atom is 0.136 e. The highest BCUT2D eigenvalue weighted by atomic mass is 32.2. The summed E-state index contributed by atoms with van der Waals surface area (Å²) in [6.07, 6.45) is 3.57. The fourth-order valence-electron chi connectivity index (χ4n) is 2.64. The molecule has 2 fully saturated rings. The summed E-state index contributed by atoms with van der Waals surface area (Å²) in [7, 11) is 0. The third-order valence-electron chi connectivity index (χ3n) is 3.23. The van der Waals surface area contributed by atoms with Gasteiger partial charge in [-0.25, -0.2) is 0 Å². The molecule has 1 aliphatic carbocycles. The Balaban J connectivity index is 2.31. The van der Waals surface area contributed by atoms with Gasteiger partial charge in [0.15, 0.2) is 0 Å². The van der Waals surface area contributed by atoms with E-state index in [1.54, 1.807) is 11.8 Å². The number of hydrogen-bond donors (Lipinski definition) is 2. The zero-order chi connectivity index (χ0) is 9.69. The van der Waals surface area contributed by atoms with E-state index in [9.17, 15) is 0 Å². The third kappa shape index (κ3) is 1.49. The number of nitrogens with one attached hydrogen (secondary N) is 1. The number of thiocarbonyl (C=S) groups is 1. The van der Waals surface area contributed by atoms with Gasteiger partial charge < -0.3 is 11.1 Å². The number of fused-ring (bicyclic) bond motifs is 1. The quantitative estimate of drug-likeness (QED) is 0.606. The molecule has 4 heteroatoms. The first-order chi connectivity index (χ1) is 5.94. The van der Waals surface area contributed by atoms with Crippen LogP contribution < -0.4 is 11.1 Å². The first-order valence-electron chi connectivity index (χ1n) is 4.74. The Morgan fingerprint density at radius 3 is 3.00 bits per heavy atom. The highest BCUT2D eigenvalue weighted by Crippen LogP contribution is 2.50. The topological polar surface area (TPSA) is 38.0 Å². The molecular formula is C9H16N2S2. The molecule has 2 unspecified atom stereocenters. The van der Waals surface area contributed by atoms with Gasteiger partial charge >= 0.3 is 0 Å². The Hall–Kier alpha value is 0.200. The summed E-state index contributed by atoms with van der Waals surface area (Å²) in [5.41, 5.74) is 6.44. The van der Waals surface area contributed by atoms with Crippen molar-refractivity contribution in [3.8, 4) is 0 Å². The fraction of sp³-hybridized carbons (Fsp3) is 0.889. The summed E-state index contributed by atoms with van der Waals surface area (Å²) in [6.45, 7) is 4.41. The van der Waals surface area contributed by atoms with Crippen LogP contribution in [0, 0.1) is 5.92 Å². The minimum atomic E-state index is -0.0914. The molecule has 0 spiro atoms. The van der Waals surface area contributed by atoms with Crippen molar-refractivity contribution in [3.05, 3.63) is 0 Å². The predicted octanol–water partition coefficient (Wildman–Crippen LogP) is 1.84. The van der Waals surface area contributed by atoms with Gasteiger partial charge in [0.1, 0.15) is 4.32 Å². The summed E-state index contributed by atoms with van der Waals surface area (Å²) in [6, 6.07) is 0. The van der Waals surface area contributed by atoms with Crippen molar-refractivity contribution in [1.29, 1.82) is 0 Å². The summed E-state index contributed by atoms with van der Waals surface area (Å²) >= 11 is 6.88. The Labute approximate surface area is 89.0 Å². The normalized spacial score (nSPS) is 42.7. The van der Waals surface area contributed by atoms with Crippen molar-refractivity contribution in [2.24, 2.45) is 11.7 Å². The van der Waals surface area contributed by atoms with Crippen LogP contribution in [0.1, 0.15) is 33.1 Å². The molecule has 0 aromatic carbocycles. The fourth-order valence-corrected chi connectivity index (χ4v) is 4.83. The average Bonchev–Trinajstić information content (AvgIpc) is 2.27. The van der Waals surface area contributed by atoms with Gasteiger partial charge in [-0.1, -0.05) is 30.4 Å². The molecule has 0 radical (unpaired) electrons. The van der Waals surface area contributed by atoms with E-state index in [1.165, 1.54) is 12.8 Å². The zero-order valence-corrected chi connectivity index (χ0v) is 9.73. The Kier molecular flexibility index (Phi) is 2.13. The molecule has 2 aliphatic rings. The van der Waals surface area contributed by atoms with Crippen molar-refractivity contribution in [3.63, 3.8) is 0 Å². The van der Waals surface area contributed by atoms with Crippen molar-refractivity contribution < 1.29 is 0 Å². The number of nitrogens with two attached hydrogens (primary N) is 1. The summed E-state index contributed by atoms with van der Waals surface area (Å²) in [5.74, 6) is 0.552. The summed E-state index contributed by atoms with van der Waals surface area (Å²) in [4.78, 5) is -0.0914. The molecule has 2 rings (SSSR count). The largest absolute Gasteiger partial charge is 0.366 e. The van der Waals surface area contributed by atoms with Crippen LogP contribution in [0.25, 0.3) is 0 Å². The minimum absolute atomic E-state index is 0.0770. The van der Waals surface area contributed by atoms with Crippen LogP contribution >= 0.6 is 24.0 Å². The van der Waals surface area contributed by atoms with Gasteiger partial charge in [0.05, 0.1) is 4.87 Å². The number of hydrogen-bond acceptors (Lipinski definition) is 3. The molecule has 1 heterocycles. The predicted molar refractivity (Wildman–Crippen MR) is 61.7 cm³/mol. The van der Waals surface area contributed by atoms with Gasteiger partial charge in [0.2, 0.25) is 0 Å². The van der Waals surface area contributed by atoms with Crippen LogP contribution in [0.4, 0.5) is 0 Å². The van der Waals surface area contributed by atoms with Gasteiger partial charge in [-0.3, -0.25) is 0 Å². The smallest absolute Gasteiger partial charge is 0.136 e. The van der Waals surface area contributed by atoms with Crippen molar-refractivity contribution in [2.75, 3.05) is 0 Å². The SMILES string of the molecule is CC1(C)NC(=S)SC2(N)CCCC12. The van der Waals surface area contributed by atoms with Gasteiger partial charge in [-0.2, -0.15) is 0 Å². The summed E-state index contributed by atoms with van der Waals surface area (Å²) in [5, 5.41) is 3.37. The van der Waals surface area contributed by atoms with Gasteiger partial charge in [-0.05, 0) is 26.7 Å². The molecule has 1 aliphatic heterocycles. The lowest BCUT2D eigenvalue weighted by Gasteiger charge is -2.47. The highest BCUT2D eigenvalue weighted by molar-refractivity contribution is 8.23. The molecular weight excluding hydrogens is 200 g/mol. The lowest BCUT2D eigenvalue weighted by atomic mass is 9.83. The van der Waals surface area contributed by atoms with E-state index < -0.39 is 0 Å². The van der Waals surface area contributed by atoms with E-state index >= 15 is 0 Å². The Morgan fingerprint density at radius 2 is 2.31 bits per heavy atom. The van der Waals surface area contributed by atoms with E-state index in [1.807, 2.05) is 0 Å². The molecule has 0 bridgehead atoms. The monoisotopic (exact) mass is 216 g/mol. The molecule has 0 aromatic heterocycles. The first kappa shape index (κ1) is 9.74. The lowest BCUT2D eigenvalue weighted by molar-refractivity contribution is 0.250. The molecule has 1 saturated heterocycles. The molecule has 2 nitrogen and oxygen atoms in total. The molecule has 0 amide bonds. The lowest BCUT2D eigenvalue weighted by Crippen LogP contribution is -2.62. The van der Waals surface area contributed by atoms with Crippen molar-refractivity contribution in [1.82, 2.24) is 5.32 Å². The summed E-state index contributed by atoms with van der Waals surface area (Å²) < 4.78 is 0.866. The van der Waals surface area contributed by atoms with Crippen LogP contribution in [-0.2, 0) is 0 Å². The van der Waals surface area contributed by atoms with Gasteiger partial charge in [0.25, 0.3) is 0 Å². The first-order valence-corrected chi connectivity index (χ1v) is 5.96. The van der Waals surface area contributed by atoms with Crippen LogP contribution in [-0.4, -0.2) is 14.7 Å². The van der Waals surface area contributed by atoms with Gasteiger partial charge in [-0.15, -0.1) is 0 Å². The standard InChI is InChI=1S/C9H16N2S2/c1-8(2)6-4-3-5-9(6,10)13-7(12)11-8/h6H,3-5,10H2,1-2H3,(H,11,12). The molecule has 74 valence electrons. The van der Waals surface area contributed by atoms with Gasteiger partial charge in [0, 0.05) is 11.5 Å². The van der Waals surface area contributed by atoms with Crippen LogP contribution in [0.5, 0.6) is 0 Å². The molecule has 3 N–H and O–H groups in total. The van der Waals surface area contributed by atoms with Crippen LogP contribution in [0.3, 0.4) is 0 Å².